The van der Waals surface area contributed by atoms with Crippen LogP contribution in [0.5, 0.6) is 0 Å². The molecule has 0 saturated heterocycles. The number of fused-ring (bicyclic) bond motifs is 1. The number of nitrogens with two attached hydrogens (primary N) is 1. The van der Waals surface area contributed by atoms with Gasteiger partial charge >= 0.3 is 0 Å². The molecular formula is C8H8ClN5. The normalized spacial score (nSPS) is 18.7. The van der Waals surface area contributed by atoms with Crippen molar-refractivity contribution < 1.29 is 0 Å². The van der Waals surface area contributed by atoms with E-state index >= 15 is 0 Å². The van der Waals surface area contributed by atoms with Gasteiger partial charge in [0.05, 0.1) is 23.0 Å². The van der Waals surface area contributed by atoms with Gasteiger partial charge in [-0.2, -0.15) is 4.98 Å². The van der Waals surface area contributed by atoms with E-state index in [2.05, 4.69) is 15.1 Å². The van der Waals surface area contributed by atoms with Crippen molar-refractivity contribution in [3.05, 3.63) is 23.2 Å². The Hall–Kier alpha value is -1.20. The van der Waals surface area contributed by atoms with E-state index in [-0.39, 0.29) is 5.54 Å². The fourth-order valence-electron chi connectivity index (χ4n) is 1.33. The quantitative estimate of drug-likeness (QED) is 0.752. The number of halogens is 1. The second-order valence-corrected chi connectivity index (χ2v) is 4.04. The van der Waals surface area contributed by atoms with Crippen LogP contribution >= 0.6 is 11.6 Å². The maximum atomic E-state index is 5.97. The molecule has 3 rings (SSSR count). The Morgan fingerprint density at radius 1 is 1.50 bits per heavy atom. The highest BCUT2D eigenvalue weighted by molar-refractivity contribution is 6.30. The van der Waals surface area contributed by atoms with E-state index in [0.717, 1.165) is 12.8 Å². The SMILES string of the molecule is NC1(c2nc3ncc(Cl)cn3n2)CC1. The van der Waals surface area contributed by atoms with Gasteiger partial charge in [-0.15, -0.1) is 5.10 Å². The van der Waals surface area contributed by atoms with Gasteiger partial charge in [0.25, 0.3) is 5.78 Å². The monoisotopic (exact) mass is 209 g/mol. The summed E-state index contributed by atoms with van der Waals surface area (Å²) in [5, 5.41) is 4.78. The minimum absolute atomic E-state index is 0.319. The Bertz CT molecular complexity index is 501. The van der Waals surface area contributed by atoms with Crippen molar-refractivity contribution in [2.45, 2.75) is 18.4 Å². The van der Waals surface area contributed by atoms with Crippen molar-refractivity contribution in [3.63, 3.8) is 0 Å². The molecule has 1 fully saturated rings. The summed E-state index contributed by atoms with van der Waals surface area (Å²) < 4.78 is 1.56. The average Bonchev–Trinajstić information content (AvgIpc) is 2.77. The largest absolute Gasteiger partial charge is 0.319 e. The van der Waals surface area contributed by atoms with Gasteiger partial charge in [0, 0.05) is 0 Å². The fourth-order valence-corrected chi connectivity index (χ4v) is 1.47. The molecule has 5 nitrogen and oxygen atoms in total. The van der Waals surface area contributed by atoms with Crippen molar-refractivity contribution in [2.75, 3.05) is 0 Å². The predicted molar refractivity (Wildman–Crippen MR) is 50.9 cm³/mol. The first kappa shape index (κ1) is 8.14. The Labute approximate surface area is 84.9 Å². The standard InChI is InChI=1S/C8H8ClN5/c9-5-3-11-7-12-6(8(10)1-2-8)13-14(7)4-5/h3-4H,1-2,10H2. The van der Waals surface area contributed by atoms with E-state index in [1.54, 1.807) is 16.9 Å². The summed E-state index contributed by atoms with van der Waals surface area (Å²) in [5.74, 6) is 1.20. The number of rotatable bonds is 1. The summed E-state index contributed by atoms with van der Waals surface area (Å²) in [4.78, 5) is 8.29. The third-order valence-electron chi connectivity index (χ3n) is 2.40. The second-order valence-electron chi connectivity index (χ2n) is 3.61. The van der Waals surface area contributed by atoms with Gasteiger partial charge in [0.15, 0.2) is 5.82 Å². The third kappa shape index (κ3) is 1.09. The zero-order valence-electron chi connectivity index (χ0n) is 7.31. The topological polar surface area (TPSA) is 69.1 Å². The predicted octanol–water partition coefficient (Wildman–Crippen LogP) is 0.725. The lowest BCUT2D eigenvalue weighted by molar-refractivity contribution is 0.670. The molecule has 2 aromatic rings. The van der Waals surface area contributed by atoms with Crippen LogP contribution in [0.15, 0.2) is 12.4 Å². The van der Waals surface area contributed by atoms with Crippen molar-refractivity contribution in [3.8, 4) is 0 Å². The summed E-state index contributed by atoms with van der Waals surface area (Å²) >= 11 is 5.78. The minimum Gasteiger partial charge on any atom is -0.319 e. The molecule has 2 heterocycles. The summed E-state index contributed by atoms with van der Waals surface area (Å²) in [6, 6.07) is 0. The number of nitrogens with zero attached hydrogens (tertiary/aromatic N) is 4. The van der Waals surface area contributed by atoms with Gasteiger partial charge < -0.3 is 5.73 Å². The van der Waals surface area contributed by atoms with E-state index in [4.69, 9.17) is 17.3 Å². The number of aromatic nitrogens is 4. The molecule has 14 heavy (non-hydrogen) atoms. The van der Waals surface area contributed by atoms with Crippen LogP contribution in [-0.4, -0.2) is 19.6 Å². The molecule has 0 amide bonds. The maximum absolute atomic E-state index is 5.97. The highest BCUT2D eigenvalue weighted by Gasteiger charge is 2.44. The lowest BCUT2D eigenvalue weighted by Crippen LogP contribution is -2.20. The van der Waals surface area contributed by atoms with Gasteiger partial charge in [-0.1, -0.05) is 11.6 Å². The summed E-state index contributed by atoms with van der Waals surface area (Å²) in [7, 11) is 0. The fraction of sp³-hybridized carbons (Fsp3) is 0.375. The van der Waals surface area contributed by atoms with E-state index < -0.39 is 0 Å². The van der Waals surface area contributed by atoms with Gasteiger partial charge in [-0.3, -0.25) is 0 Å². The van der Waals surface area contributed by atoms with Crippen molar-refractivity contribution >= 4 is 17.4 Å². The Kier molecular flexibility index (Phi) is 1.41. The van der Waals surface area contributed by atoms with Crippen LogP contribution in [0, 0.1) is 0 Å². The zero-order chi connectivity index (χ0) is 9.76. The summed E-state index contributed by atoms with van der Waals surface area (Å²) in [6.45, 7) is 0. The number of hydrogen-bond acceptors (Lipinski definition) is 4. The molecule has 1 saturated carbocycles. The van der Waals surface area contributed by atoms with E-state index in [1.807, 2.05) is 0 Å². The van der Waals surface area contributed by atoms with Crippen LogP contribution in [0.3, 0.4) is 0 Å². The molecule has 0 atom stereocenters. The molecule has 2 N–H and O–H groups in total. The first-order valence-corrected chi connectivity index (χ1v) is 4.72. The Morgan fingerprint density at radius 2 is 2.29 bits per heavy atom. The van der Waals surface area contributed by atoms with E-state index in [1.165, 1.54) is 0 Å². The van der Waals surface area contributed by atoms with Crippen molar-refractivity contribution in [2.24, 2.45) is 5.73 Å². The molecule has 72 valence electrons. The third-order valence-corrected chi connectivity index (χ3v) is 2.59. The molecule has 0 bridgehead atoms. The van der Waals surface area contributed by atoms with Crippen LogP contribution in [0.1, 0.15) is 18.7 Å². The molecular weight excluding hydrogens is 202 g/mol. The van der Waals surface area contributed by atoms with Gasteiger partial charge in [-0.05, 0) is 12.8 Å². The zero-order valence-corrected chi connectivity index (χ0v) is 8.07. The molecule has 0 aromatic carbocycles. The molecule has 1 aliphatic rings. The molecule has 0 radical (unpaired) electrons. The van der Waals surface area contributed by atoms with Crippen molar-refractivity contribution in [1.29, 1.82) is 0 Å². The Morgan fingerprint density at radius 3 is 3.00 bits per heavy atom. The molecule has 1 aliphatic carbocycles. The van der Waals surface area contributed by atoms with Crippen LogP contribution in [-0.2, 0) is 5.54 Å². The lowest BCUT2D eigenvalue weighted by atomic mass is 10.3. The van der Waals surface area contributed by atoms with Gasteiger partial charge in [-0.25, -0.2) is 9.50 Å². The number of hydrogen-bond donors (Lipinski definition) is 1. The van der Waals surface area contributed by atoms with Gasteiger partial charge in [0.2, 0.25) is 0 Å². The molecule has 0 unspecified atom stereocenters. The van der Waals surface area contributed by atoms with Gasteiger partial charge in [0.1, 0.15) is 0 Å². The smallest absolute Gasteiger partial charge is 0.252 e. The summed E-state index contributed by atoms with van der Waals surface area (Å²) in [5.41, 5.74) is 5.65. The highest BCUT2D eigenvalue weighted by atomic mass is 35.5. The second kappa shape index (κ2) is 2.43. The molecule has 0 aliphatic heterocycles. The van der Waals surface area contributed by atoms with Crippen LogP contribution < -0.4 is 5.73 Å². The van der Waals surface area contributed by atoms with E-state index in [9.17, 15) is 0 Å². The van der Waals surface area contributed by atoms with Crippen LogP contribution in [0.4, 0.5) is 0 Å². The first-order chi connectivity index (χ1) is 6.67. The van der Waals surface area contributed by atoms with Crippen LogP contribution in [0.25, 0.3) is 5.78 Å². The summed E-state index contributed by atoms with van der Waals surface area (Å²) in [6.07, 6.45) is 5.10. The molecule has 0 spiro atoms. The minimum atomic E-state index is -0.319. The van der Waals surface area contributed by atoms with E-state index in [0.29, 0.717) is 16.6 Å². The van der Waals surface area contributed by atoms with Crippen molar-refractivity contribution in [1.82, 2.24) is 19.6 Å². The molecule has 6 heteroatoms. The first-order valence-electron chi connectivity index (χ1n) is 4.35. The van der Waals surface area contributed by atoms with Crippen LogP contribution in [0.2, 0.25) is 5.02 Å². The Balaban J connectivity index is 2.20. The lowest BCUT2D eigenvalue weighted by Gasteiger charge is -1.98. The highest BCUT2D eigenvalue weighted by Crippen LogP contribution is 2.40. The molecule has 2 aromatic heterocycles. The average molecular weight is 210 g/mol. The maximum Gasteiger partial charge on any atom is 0.252 e.